The van der Waals surface area contributed by atoms with Crippen LogP contribution in [-0.2, 0) is 23.8 Å². The van der Waals surface area contributed by atoms with Gasteiger partial charge in [0.2, 0.25) is 0 Å². The van der Waals surface area contributed by atoms with Crippen molar-refractivity contribution in [2.24, 2.45) is 17.8 Å². The van der Waals surface area contributed by atoms with Gasteiger partial charge >= 0.3 is 11.9 Å². The maximum atomic E-state index is 12.3. The van der Waals surface area contributed by atoms with Gasteiger partial charge in [-0.3, -0.25) is 4.79 Å². The summed E-state index contributed by atoms with van der Waals surface area (Å²) in [5.74, 6) is 0.462. The van der Waals surface area contributed by atoms with Crippen molar-refractivity contribution in [2.45, 2.75) is 83.7 Å². The standard InChI is InChI=1S/C20H30O5/c1-12(2)20(22)25-18-10-14-8-9-16(18)17(14)11-19(21)24-13(3)23-15-6-4-5-7-15/h13-18H,1,4-11H2,2-3H3. The Labute approximate surface area is 150 Å². The molecule has 5 nitrogen and oxygen atoms in total. The summed E-state index contributed by atoms with van der Waals surface area (Å²) in [6, 6.07) is 0. The summed E-state index contributed by atoms with van der Waals surface area (Å²) in [6.07, 6.45) is 7.57. The van der Waals surface area contributed by atoms with Crippen LogP contribution in [0.2, 0.25) is 0 Å². The molecule has 0 heterocycles. The fraction of sp³-hybridized carbons (Fsp3) is 0.800. The van der Waals surface area contributed by atoms with Crippen LogP contribution in [0.4, 0.5) is 0 Å². The predicted molar refractivity (Wildman–Crippen MR) is 92.5 cm³/mol. The average Bonchev–Trinajstić information content (AvgIpc) is 3.24. The summed E-state index contributed by atoms with van der Waals surface area (Å²) in [6.45, 7) is 7.10. The van der Waals surface area contributed by atoms with Gasteiger partial charge in [0, 0.05) is 12.0 Å². The largest absolute Gasteiger partial charge is 0.459 e. The fourth-order valence-electron chi connectivity index (χ4n) is 4.85. The molecule has 0 radical (unpaired) electrons. The predicted octanol–water partition coefficient (Wildman–Crippen LogP) is 3.76. The molecule has 25 heavy (non-hydrogen) atoms. The molecule has 0 aromatic carbocycles. The van der Waals surface area contributed by atoms with Crippen LogP contribution in [0.5, 0.6) is 0 Å². The Kier molecular flexibility index (Phi) is 5.82. The molecule has 5 heteroatoms. The quantitative estimate of drug-likeness (QED) is 0.397. The number of hydrogen-bond acceptors (Lipinski definition) is 5. The van der Waals surface area contributed by atoms with Gasteiger partial charge in [0.05, 0.1) is 6.10 Å². The Hall–Kier alpha value is -1.36. The summed E-state index contributed by atoms with van der Waals surface area (Å²) in [5, 5.41) is 0. The third-order valence-electron chi connectivity index (χ3n) is 6.03. The number of carbonyl (C=O) groups excluding carboxylic acids is 2. The van der Waals surface area contributed by atoms with E-state index in [0.29, 0.717) is 17.9 Å². The lowest BCUT2D eigenvalue weighted by molar-refractivity contribution is -0.185. The van der Waals surface area contributed by atoms with Crippen LogP contribution in [0.3, 0.4) is 0 Å². The van der Waals surface area contributed by atoms with Gasteiger partial charge in [0.15, 0.2) is 6.29 Å². The minimum absolute atomic E-state index is 0.0760. The third-order valence-corrected chi connectivity index (χ3v) is 6.03. The van der Waals surface area contributed by atoms with E-state index in [9.17, 15) is 9.59 Å². The molecule has 3 aliphatic rings. The van der Waals surface area contributed by atoms with Crippen molar-refractivity contribution in [3.8, 4) is 0 Å². The fourth-order valence-corrected chi connectivity index (χ4v) is 4.85. The molecular weight excluding hydrogens is 320 g/mol. The van der Waals surface area contributed by atoms with Crippen molar-refractivity contribution < 1.29 is 23.8 Å². The van der Waals surface area contributed by atoms with E-state index in [2.05, 4.69) is 6.58 Å². The van der Waals surface area contributed by atoms with Crippen molar-refractivity contribution in [3.05, 3.63) is 12.2 Å². The number of fused-ring (bicyclic) bond motifs is 2. The van der Waals surface area contributed by atoms with Crippen molar-refractivity contribution in [1.82, 2.24) is 0 Å². The normalized spacial score (nSPS) is 32.6. The second kappa shape index (κ2) is 7.90. The van der Waals surface area contributed by atoms with Gasteiger partial charge < -0.3 is 14.2 Å². The van der Waals surface area contributed by atoms with Crippen molar-refractivity contribution in [3.63, 3.8) is 0 Å². The second-order valence-corrected chi connectivity index (χ2v) is 7.93. The van der Waals surface area contributed by atoms with Crippen LogP contribution >= 0.6 is 0 Å². The maximum absolute atomic E-state index is 12.3. The molecule has 0 aromatic heterocycles. The SMILES string of the molecule is C=C(C)C(=O)OC1CC2CCC1C2CC(=O)OC(C)OC1CCCC1. The molecule has 5 atom stereocenters. The van der Waals surface area contributed by atoms with Gasteiger partial charge in [0.25, 0.3) is 0 Å². The number of ether oxygens (including phenoxy) is 3. The van der Waals surface area contributed by atoms with Crippen LogP contribution in [0.25, 0.3) is 0 Å². The highest BCUT2D eigenvalue weighted by Crippen LogP contribution is 2.52. The lowest BCUT2D eigenvalue weighted by atomic mass is 9.93. The topological polar surface area (TPSA) is 61.8 Å². The molecule has 0 aromatic rings. The summed E-state index contributed by atoms with van der Waals surface area (Å²) in [5.41, 5.74) is 0.427. The lowest BCUT2D eigenvalue weighted by Crippen LogP contribution is -2.27. The molecule has 3 saturated carbocycles. The zero-order chi connectivity index (χ0) is 18.0. The number of rotatable bonds is 7. The molecule has 3 aliphatic carbocycles. The molecule has 140 valence electrons. The van der Waals surface area contributed by atoms with Crippen LogP contribution in [0.15, 0.2) is 12.2 Å². The number of hydrogen-bond donors (Lipinski definition) is 0. The van der Waals surface area contributed by atoms with E-state index in [0.717, 1.165) is 32.1 Å². The van der Waals surface area contributed by atoms with E-state index in [4.69, 9.17) is 14.2 Å². The van der Waals surface area contributed by atoms with Gasteiger partial charge in [-0.2, -0.15) is 0 Å². The molecule has 3 rings (SSSR count). The smallest absolute Gasteiger partial charge is 0.333 e. The van der Waals surface area contributed by atoms with E-state index in [-0.39, 0.29) is 36.0 Å². The third kappa shape index (κ3) is 4.43. The minimum atomic E-state index is -0.480. The minimum Gasteiger partial charge on any atom is -0.459 e. The van der Waals surface area contributed by atoms with Crippen LogP contribution in [-0.4, -0.2) is 30.4 Å². The summed E-state index contributed by atoms with van der Waals surface area (Å²) < 4.78 is 16.8. The van der Waals surface area contributed by atoms with Gasteiger partial charge in [0.1, 0.15) is 6.10 Å². The molecule has 0 spiro atoms. The molecule has 0 N–H and O–H groups in total. The molecular formula is C20H30O5. The Balaban J connectivity index is 1.46. The summed E-state index contributed by atoms with van der Waals surface area (Å²) in [7, 11) is 0. The first-order valence-corrected chi connectivity index (χ1v) is 9.65. The van der Waals surface area contributed by atoms with Crippen LogP contribution < -0.4 is 0 Å². The van der Waals surface area contributed by atoms with Gasteiger partial charge in [-0.25, -0.2) is 4.79 Å². The van der Waals surface area contributed by atoms with Crippen LogP contribution in [0.1, 0.15) is 65.2 Å². The van der Waals surface area contributed by atoms with Gasteiger partial charge in [-0.1, -0.05) is 19.4 Å². The first kappa shape index (κ1) is 18.4. The van der Waals surface area contributed by atoms with Gasteiger partial charge in [-0.05, 0) is 63.7 Å². The molecule has 0 aliphatic heterocycles. The van der Waals surface area contributed by atoms with Crippen molar-refractivity contribution in [2.75, 3.05) is 0 Å². The van der Waals surface area contributed by atoms with Crippen molar-refractivity contribution >= 4 is 11.9 Å². The van der Waals surface area contributed by atoms with E-state index < -0.39 is 6.29 Å². The highest BCUT2D eigenvalue weighted by molar-refractivity contribution is 5.87. The summed E-state index contributed by atoms with van der Waals surface area (Å²) in [4.78, 5) is 24.1. The number of esters is 2. The molecule has 0 saturated heterocycles. The highest BCUT2D eigenvalue weighted by Gasteiger charge is 2.50. The zero-order valence-corrected chi connectivity index (χ0v) is 15.4. The molecule has 2 bridgehead atoms. The van der Waals surface area contributed by atoms with Crippen molar-refractivity contribution in [1.29, 1.82) is 0 Å². The first-order valence-electron chi connectivity index (χ1n) is 9.65. The Morgan fingerprint density at radius 1 is 1.16 bits per heavy atom. The van der Waals surface area contributed by atoms with E-state index in [1.807, 2.05) is 0 Å². The molecule has 3 fully saturated rings. The average molecular weight is 350 g/mol. The Morgan fingerprint density at radius 2 is 1.88 bits per heavy atom. The first-order chi connectivity index (χ1) is 11.9. The highest BCUT2D eigenvalue weighted by atomic mass is 16.7. The lowest BCUT2D eigenvalue weighted by Gasteiger charge is -2.23. The van der Waals surface area contributed by atoms with Crippen LogP contribution in [0, 0.1) is 17.8 Å². The zero-order valence-electron chi connectivity index (χ0n) is 15.4. The van der Waals surface area contributed by atoms with E-state index in [1.54, 1.807) is 13.8 Å². The van der Waals surface area contributed by atoms with Gasteiger partial charge in [-0.15, -0.1) is 0 Å². The van der Waals surface area contributed by atoms with E-state index in [1.165, 1.54) is 12.8 Å². The van der Waals surface area contributed by atoms with E-state index >= 15 is 0 Å². The monoisotopic (exact) mass is 350 g/mol. The maximum Gasteiger partial charge on any atom is 0.333 e. The Bertz CT molecular complexity index is 522. The number of carbonyl (C=O) groups is 2. The molecule has 5 unspecified atom stereocenters. The Morgan fingerprint density at radius 3 is 2.56 bits per heavy atom. The summed E-state index contributed by atoms with van der Waals surface area (Å²) >= 11 is 0. The second-order valence-electron chi connectivity index (χ2n) is 7.93. The molecule has 0 amide bonds.